The zero-order valence-corrected chi connectivity index (χ0v) is 13.9. The fourth-order valence-corrected chi connectivity index (χ4v) is 2.84. The number of unbranched alkanes of at least 4 members (excludes halogenated alkanes) is 4. The van der Waals surface area contributed by atoms with E-state index in [1.165, 1.54) is 29.7 Å². The van der Waals surface area contributed by atoms with Gasteiger partial charge in [-0.3, -0.25) is 4.90 Å². The Morgan fingerprint density at radius 2 is 1.95 bits per heavy atom. The number of carboxylic acid groups (broad SMARTS) is 1. The van der Waals surface area contributed by atoms with Crippen molar-refractivity contribution in [3.05, 3.63) is 35.5 Å². The Hall–Kier alpha value is -1.55. The smallest absolute Gasteiger partial charge is 0.407 e. The molecule has 0 atom stereocenters. The molecule has 0 aromatic heterocycles. The monoisotopic (exact) mass is 307 g/mol. The van der Waals surface area contributed by atoms with Crippen LogP contribution in [0.15, 0.2) is 35.5 Å². The maximum absolute atomic E-state index is 11.1. The molecule has 4 nitrogen and oxygen atoms in total. The number of allylic oxidation sites excluding steroid dienone is 1. The van der Waals surface area contributed by atoms with E-state index in [1.54, 1.807) is 13.2 Å². The number of hydrogen-bond donors (Lipinski definition) is 1. The van der Waals surface area contributed by atoms with Crippen LogP contribution < -0.4 is 0 Å². The summed E-state index contributed by atoms with van der Waals surface area (Å²) in [7, 11) is 1.74. The third-order valence-corrected chi connectivity index (χ3v) is 4.15. The summed E-state index contributed by atoms with van der Waals surface area (Å²) < 4.78 is 5.05. The molecule has 0 fully saturated rings. The first-order valence-electron chi connectivity index (χ1n) is 8.10. The molecule has 0 saturated heterocycles. The van der Waals surface area contributed by atoms with E-state index in [4.69, 9.17) is 9.84 Å². The van der Waals surface area contributed by atoms with E-state index in [0.717, 1.165) is 37.0 Å². The summed E-state index contributed by atoms with van der Waals surface area (Å²) in [4.78, 5) is 12.6. The van der Waals surface area contributed by atoms with Crippen molar-refractivity contribution in [2.24, 2.45) is 0 Å². The molecule has 1 aliphatic rings. The van der Waals surface area contributed by atoms with E-state index in [1.807, 2.05) is 6.92 Å². The number of amides is 1. The molecule has 1 N–H and O–H groups in total. The molecule has 0 spiro atoms. The Kier molecular flexibility index (Phi) is 8.60. The Labute approximate surface area is 134 Å². The van der Waals surface area contributed by atoms with E-state index in [0.29, 0.717) is 13.1 Å². The van der Waals surface area contributed by atoms with Crippen LogP contribution in [0.2, 0.25) is 0 Å². The van der Waals surface area contributed by atoms with Crippen molar-refractivity contribution in [3.8, 4) is 0 Å². The summed E-state index contributed by atoms with van der Waals surface area (Å²) in [5.74, 6) is 0. The average molecular weight is 307 g/mol. The van der Waals surface area contributed by atoms with Gasteiger partial charge in [-0.1, -0.05) is 38.0 Å². The zero-order chi connectivity index (χ0) is 16.4. The van der Waals surface area contributed by atoms with Gasteiger partial charge >= 0.3 is 6.09 Å². The van der Waals surface area contributed by atoms with Gasteiger partial charge in [0.1, 0.15) is 0 Å². The molecule has 1 amide bonds. The van der Waals surface area contributed by atoms with E-state index >= 15 is 0 Å². The third kappa shape index (κ3) is 5.68. The molecule has 22 heavy (non-hydrogen) atoms. The Morgan fingerprint density at radius 1 is 1.27 bits per heavy atom. The standard InChI is InChI=1S/C18H29NO3/c1-4-15(11-9-7-6-8-10-12-22-3)17-14-19(18(20)21)13-16(17)5-2/h4-5H,2,6-14H2,1,3H3,(H,20,21)/b15-4-. The van der Waals surface area contributed by atoms with Crippen LogP contribution >= 0.6 is 0 Å². The maximum atomic E-state index is 11.1. The predicted molar refractivity (Wildman–Crippen MR) is 90.2 cm³/mol. The highest BCUT2D eigenvalue weighted by Gasteiger charge is 2.25. The third-order valence-electron chi connectivity index (χ3n) is 4.15. The number of hydrogen-bond acceptors (Lipinski definition) is 2. The highest BCUT2D eigenvalue weighted by Crippen LogP contribution is 2.28. The quantitative estimate of drug-likeness (QED) is 0.609. The van der Waals surface area contributed by atoms with Gasteiger partial charge in [0.2, 0.25) is 0 Å². The minimum atomic E-state index is -0.858. The van der Waals surface area contributed by atoms with E-state index in [9.17, 15) is 4.79 Å². The van der Waals surface area contributed by atoms with Gasteiger partial charge < -0.3 is 9.84 Å². The van der Waals surface area contributed by atoms with Gasteiger partial charge in [0, 0.05) is 26.8 Å². The molecule has 0 unspecified atom stereocenters. The molecule has 0 aromatic rings. The molecule has 0 aliphatic carbocycles. The lowest BCUT2D eigenvalue weighted by atomic mass is 9.96. The zero-order valence-electron chi connectivity index (χ0n) is 13.9. The highest BCUT2D eigenvalue weighted by molar-refractivity contribution is 5.68. The first-order valence-corrected chi connectivity index (χ1v) is 8.10. The number of ether oxygens (including phenoxy) is 1. The van der Waals surface area contributed by atoms with E-state index in [2.05, 4.69) is 12.7 Å². The number of carbonyl (C=O) groups is 1. The van der Waals surface area contributed by atoms with Gasteiger partial charge in [0.25, 0.3) is 0 Å². The molecular formula is C18H29NO3. The SMILES string of the molecule is C=CC1=C(/C(=C\C)CCCCCCCOC)CN(C(=O)O)C1. The summed E-state index contributed by atoms with van der Waals surface area (Å²) in [6, 6.07) is 0. The molecule has 1 rings (SSSR count). The van der Waals surface area contributed by atoms with Crippen LogP contribution in [0.3, 0.4) is 0 Å². The highest BCUT2D eigenvalue weighted by atomic mass is 16.5. The summed E-state index contributed by atoms with van der Waals surface area (Å²) in [6.07, 6.45) is 10.0. The molecule has 0 saturated carbocycles. The topological polar surface area (TPSA) is 49.8 Å². The van der Waals surface area contributed by atoms with Crippen LogP contribution in [0.5, 0.6) is 0 Å². The van der Waals surface area contributed by atoms with Gasteiger partial charge in [-0.2, -0.15) is 0 Å². The van der Waals surface area contributed by atoms with Gasteiger partial charge in [0.05, 0.1) is 0 Å². The second kappa shape index (κ2) is 10.2. The molecule has 0 radical (unpaired) electrons. The van der Waals surface area contributed by atoms with Crippen molar-refractivity contribution < 1.29 is 14.6 Å². The van der Waals surface area contributed by atoms with Crippen LogP contribution in [0.1, 0.15) is 45.4 Å². The van der Waals surface area contributed by atoms with Crippen LogP contribution in [-0.4, -0.2) is 42.9 Å². The normalized spacial score (nSPS) is 15.5. The second-order valence-electron chi connectivity index (χ2n) is 5.67. The summed E-state index contributed by atoms with van der Waals surface area (Å²) in [5.41, 5.74) is 3.48. The average Bonchev–Trinajstić information content (AvgIpc) is 2.94. The summed E-state index contributed by atoms with van der Waals surface area (Å²) in [6.45, 7) is 7.66. The first kappa shape index (κ1) is 18.5. The molecular weight excluding hydrogens is 278 g/mol. The lowest BCUT2D eigenvalue weighted by Crippen LogP contribution is -2.27. The van der Waals surface area contributed by atoms with Crippen molar-refractivity contribution in [1.29, 1.82) is 0 Å². The summed E-state index contributed by atoms with van der Waals surface area (Å²) >= 11 is 0. The number of methoxy groups -OCH3 is 1. The molecule has 4 heteroatoms. The minimum Gasteiger partial charge on any atom is -0.465 e. The van der Waals surface area contributed by atoms with Crippen LogP contribution in [-0.2, 0) is 4.74 Å². The lowest BCUT2D eigenvalue weighted by molar-refractivity contribution is 0.157. The van der Waals surface area contributed by atoms with Gasteiger partial charge in [-0.25, -0.2) is 4.79 Å². The van der Waals surface area contributed by atoms with E-state index in [-0.39, 0.29) is 0 Å². The number of rotatable bonds is 10. The number of nitrogens with zero attached hydrogens (tertiary/aromatic N) is 1. The molecule has 1 aliphatic heterocycles. The molecule has 0 aromatic carbocycles. The van der Waals surface area contributed by atoms with Gasteiger partial charge in [0.15, 0.2) is 0 Å². The Bertz CT molecular complexity index is 438. The van der Waals surface area contributed by atoms with Gasteiger partial charge in [-0.05, 0) is 42.9 Å². The predicted octanol–water partition coefficient (Wildman–Crippen LogP) is 4.40. The largest absolute Gasteiger partial charge is 0.465 e. The fourth-order valence-electron chi connectivity index (χ4n) is 2.84. The van der Waals surface area contributed by atoms with Crippen molar-refractivity contribution in [2.45, 2.75) is 45.4 Å². The maximum Gasteiger partial charge on any atom is 0.407 e. The van der Waals surface area contributed by atoms with Crippen molar-refractivity contribution >= 4 is 6.09 Å². The van der Waals surface area contributed by atoms with Crippen LogP contribution in [0.25, 0.3) is 0 Å². The minimum absolute atomic E-state index is 0.461. The van der Waals surface area contributed by atoms with E-state index < -0.39 is 6.09 Å². The first-order chi connectivity index (χ1) is 10.6. The van der Waals surface area contributed by atoms with Crippen molar-refractivity contribution in [3.63, 3.8) is 0 Å². The lowest BCUT2D eigenvalue weighted by Gasteiger charge is -2.13. The molecule has 0 bridgehead atoms. The molecule has 124 valence electrons. The Balaban J connectivity index is 2.43. The Morgan fingerprint density at radius 3 is 2.55 bits per heavy atom. The second-order valence-corrected chi connectivity index (χ2v) is 5.67. The van der Waals surface area contributed by atoms with Crippen molar-refractivity contribution in [1.82, 2.24) is 4.90 Å². The van der Waals surface area contributed by atoms with Crippen LogP contribution in [0, 0.1) is 0 Å². The molecule has 1 heterocycles. The summed E-state index contributed by atoms with van der Waals surface area (Å²) in [5, 5.41) is 9.15. The van der Waals surface area contributed by atoms with Gasteiger partial charge in [-0.15, -0.1) is 0 Å². The van der Waals surface area contributed by atoms with Crippen molar-refractivity contribution in [2.75, 3.05) is 26.8 Å². The fraction of sp³-hybridized carbons (Fsp3) is 0.611. The van der Waals surface area contributed by atoms with Crippen LogP contribution in [0.4, 0.5) is 4.79 Å².